The number of carbonyl (C=O) groups excluding carboxylic acids is 1. The SMILES string of the molecule is CCN(CCO)C(=O)c1ccc(Cl)c(OC)c1. The second-order valence-electron chi connectivity index (χ2n) is 3.46. The van der Waals surface area contributed by atoms with E-state index in [1.54, 1.807) is 23.1 Å². The van der Waals surface area contributed by atoms with Crippen LogP contribution in [0.15, 0.2) is 18.2 Å². The first-order chi connectivity index (χ1) is 8.13. The number of hydrogen-bond acceptors (Lipinski definition) is 3. The molecule has 0 saturated carbocycles. The second kappa shape index (κ2) is 6.47. The Morgan fingerprint density at radius 1 is 1.53 bits per heavy atom. The van der Waals surface area contributed by atoms with Gasteiger partial charge in [-0.1, -0.05) is 11.6 Å². The van der Waals surface area contributed by atoms with E-state index in [0.29, 0.717) is 29.4 Å². The van der Waals surface area contributed by atoms with Gasteiger partial charge >= 0.3 is 0 Å². The zero-order chi connectivity index (χ0) is 12.8. The summed E-state index contributed by atoms with van der Waals surface area (Å²) in [7, 11) is 1.50. The number of benzene rings is 1. The maximum Gasteiger partial charge on any atom is 0.254 e. The van der Waals surface area contributed by atoms with E-state index < -0.39 is 0 Å². The van der Waals surface area contributed by atoms with Crippen molar-refractivity contribution in [1.29, 1.82) is 0 Å². The van der Waals surface area contributed by atoms with Crippen LogP contribution in [0.4, 0.5) is 0 Å². The van der Waals surface area contributed by atoms with E-state index in [2.05, 4.69) is 0 Å². The average molecular weight is 258 g/mol. The van der Waals surface area contributed by atoms with Crippen molar-refractivity contribution in [2.75, 3.05) is 26.8 Å². The third-order valence-electron chi connectivity index (χ3n) is 2.44. The summed E-state index contributed by atoms with van der Waals surface area (Å²) >= 11 is 5.89. The highest BCUT2D eigenvalue weighted by atomic mass is 35.5. The first kappa shape index (κ1) is 13.8. The molecule has 94 valence electrons. The fourth-order valence-corrected chi connectivity index (χ4v) is 1.69. The van der Waals surface area contributed by atoms with E-state index in [-0.39, 0.29) is 12.5 Å². The Balaban J connectivity index is 2.95. The van der Waals surface area contributed by atoms with Crippen LogP contribution in [0.1, 0.15) is 17.3 Å². The fraction of sp³-hybridized carbons (Fsp3) is 0.417. The van der Waals surface area contributed by atoms with Gasteiger partial charge in [0.2, 0.25) is 0 Å². The molecule has 1 amide bonds. The Morgan fingerprint density at radius 3 is 2.76 bits per heavy atom. The Kier molecular flexibility index (Phi) is 5.25. The van der Waals surface area contributed by atoms with E-state index >= 15 is 0 Å². The van der Waals surface area contributed by atoms with Crippen LogP contribution in [0, 0.1) is 0 Å². The maximum absolute atomic E-state index is 12.1. The van der Waals surface area contributed by atoms with Crippen LogP contribution in [0.25, 0.3) is 0 Å². The number of aliphatic hydroxyl groups is 1. The molecular weight excluding hydrogens is 242 g/mol. The van der Waals surface area contributed by atoms with Gasteiger partial charge in [0, 0.05) is 18.7 Å². The monoisotopic (exact) mass is 257 g/mol. The summed E-state index contributed by atoms with van der Waals surface area (Å²) in [6, 6.07) is 4.87. The number of carbonyl (C=O) groups is 1. The molecule has 0 unspecified atom stereocenters. The third-order valence-corrected chi connectivity index (χ3v) is 2.75. The third kappa shape index (κ3) is 3.35. The van der Waals surface area contributed by atoms with E-state index in [9.17, 15) is 4.79 Å². The Bertz CT molecular complexity index is 395. The zero-order valence-electron chi connectivity index (χ0n) is 9.94. The molecule has 1 aromatic rings. The molecule has 5 heteroatoms. The van der Waals surface area contributed by atoms with Crippen molar-refractivity contribution in [2.24, 2.45) is 0 Å². The molecule has 17 heavy (non-hydrogen) atoms. The summed E-state index contributed by atoms with van der Waals surface area (Å²) in [6.45, 7) is 2.68. The summed E-state index contributed by atoms with van der Waals surface area (Å²) in [5, 5.41) is 9.34. The number of hydrogen-bond donors (Lipinski definition) is 1. The molecule has 1 N–H and O–H groups in total. The zero-order valence-corrected chi connectivity index (χ0v) is 10.7. The summed E-state index contributed by atoms with van der Waals surface area (Å²) < 4.78 is 5.06. The molecule has 0 aromatic heterocycles. The smallest absolute Gasteiger partial charge is 0.254 e. The van der Waals surface area contributed by atoms with Gasteiger partial charge in [-0.2, -0.15) is 0 Å². The van der Waals surface area contributed by atoms with Crippen LogP contribution in [0.3, 0.4) is 0 Å². The Hall–Kier alpha value is -1.26. The lowest BCUT2D eigenvalue weighted by Crippen LogP contribution is -2.33. The number of ether oxygens (including phenoxy) is 1. The fourth-order valence-electron chi connectivity index (χ4n) is 1.50. The summed E-state index contributed by atoms with van der Waals surface area (Å²) in [6.07, 6.45) is 0. The average Bonchev–Trinajstić information content (AvgIpc) is 2.35. The van der Waals surface area contributed by atoms with Crippen LogP contribution < -0.4 is 4.74 Å². The van der Waals surface area contributed by atoms with Crippen molar-refractivity contribution in [1.82, 2.24) is 4.90 Å². The van der Waals surface area contributed by atoms with Gasteiger partial charge in [-0.05, 0) is 25.1 Å². The molecule has 1 aromatic carbocycles. The molecule has 0 aliphatic rings. The van der Waals surface area contributed by atoms with Crippen molar-refractivity contribution < 1.29 is 14.6 Å². The summed E-state index contributed by atoms with van der Waals surface area (Å²) in [4.78, 5) is 13.6. The molecule has 4 nitrogen and oxygen atoms in total. The van der Waals surface area contributed by atoms with Crippen LogP contribution >= 0.6 is 11.6 Å². The molecule has 0 heterocycles. The minimum absolute atomic E-state index is 0.0513. The van der Waals surface area contributed by atoms with Gasteiger partial charge in [0.25, 0.3) is 5.91 Å². The van der Waals surface area contributed by atoms with Gasteiger partial charge in [0.15, 0.2) is 0 Å². The number of likely N-dealkylation sites (N-methyl/N-ethyl adjacent to an activating group) is 1. The Morgan fingerprint density at radius 2 is 2.24 bits per heavy atom. The predicted molar refractivity (Wildman–Crippen MR) is 66.7 cm³/mol. The van der Waals surface area contributed by atoms with Gasteiger partial charge in [-0.15, -0.1) is 0 Å². The van der Waals surface area contributed by atoms with Crippen LogP contribution in [0.5, 0.6) is 5.75 Å². The van der Waals surface area contributed by atoms with Crippen LogP contribution in [-0.4, -0.2) is 42.7 Å². The van der Waals surface area contributed by atoms with Gasteiger partial charge in [-0.25, -0.2) is 0 Å². The lowest BCUT2D eigenvalue weighted by Gasteiger charge is -2.20. The highest BCUT2D eigenvalue weighted by molar-refractivity contribution is 6.32. The number of rotatable bonds is 5. The number of nitrogens with zero attached hydrogens (tertiary/aromatic N) is 1. The number of amides is 1. The molecule has 0 saturated heterocycles. The first-order valence-corrected chi connectivity index (χ1v) is 5.75. The minimum atomic E-state index is -0.142. The van der Waals surface area contributed by atoms with Crippen molar-refractivity contribution >= 4 is 17.5 Å². The standard InChI is InChI=1S/C12H16ClNO3/c1-3-14(6-7-15)12(16)9-4-5-10(13)11(8-9)17-2/h4-5,8,15H,3,6-7H2,1-2H3. The second-order valence-corrected chi connectivity index (χ2v) is 3.86. The molecular formula is C12H16ClNO3. The summed E-state index contributed by atoms with van der Waals surface area (Å²) in [5.41, 5.74) is 0.501. The largest absolute Gasteiger partial charge is 0.495 e. The molecule has 0 atom stereocenters. The highest BCUT2D eigenvalue weighted by Gasteiger charge is 2.15. The minimum Gasteiger partial charge on any atom is -0.495 e. The van der Waals surface area contributed by atoms with E-state index in [1.165, 1.54) is 7.11 Å². The lowest BCUT2D eigenvalue weighted by molar-refractivity contribution is 0.0731. The van der Waals surface area contributed by atoms with E-state index in [1.807, 2.05) is 6.92 Å². The quantitative estimate of drug-likeness (QED) is 0.875. The number of halogens is 1. The molecule has 0 bridgehead atoms. The van der Waals surface area contributed by atoms with Crippen LogP contribution in [0.2, 0.25) is 5.02 Å². The summed E-state index contributed by atoms with van der Waals surface area (Å²) in [5.74, 6) is 0.328. The topological polar surface area (TPSA) is 49.8 Å². The molecule has 0 radical (unpaired) electrons. The predicted octanol–water partition coefficient (Wildman–Crippen LogP) is 1.80. The van der Waals surface area contributed by atoms with E-state index in [4.69, 9.17) is 21.4 Å². The van der Waals surface area contributed by atoms with Crippen molar-refractivity contribution in [3.05, 3.63) is 28.8 Å². The van der Waals surface area contributed by atoms with Gasteiger partial charge in [0.05, 0.1) is 18.7 Å². The van der Waals surface area contributed by atoms with Crippen molar-refractivity contribution in [2.45, 2.75) is 6.92 Å². The lowest BCUT2D eigenvalue weighted by atomic mass is 10.2. The normalized spacial score (nSPS) is 10.1. The molecule has 0 spiro atoms. The molecule has 0 fully saturated rings. The molecule has 1 rings (SSSR count). The molecule has 0 aliphatic carbocycles. The Labute approximate surface area is 106 Å². The van der Waals surface area contributed by atoms with Crippen molar-refractivity contribution in [3.63, 3.8) is 0 Å². The van der Waals surface area contributed by atoms with Gasteiger partial charge < -0.3 is 14.7 Å². The van der Waals surface area contributed by atoms with Crippen molar-refractivity contribution in [3.8, 4) is 5.75 Å². The number of aliphatic hydroxyl groups excluding tert-OH is 1. The number of methoxy groups -OCH3 is 1. The van der Waals surface area contributed by atoms with E-state index in [0.717, 1.165) is 0 Å². The van der Waals surface area contributed by atoms with Gasteiger partial charge in [-0.3, -0.25) is 4.79 Å². The first-order valence-electron chi connectivity index (χ1n) is 5.37. The van der Waals surface area contributed by atoms with Crippen LogP contribution in [-0.2, 0) is 0 Å². The van der Waals surface area contributed by atoms with Gasteiger partial charge in [0.1, 0.15) is 5.75 Å². The maximum atomic E-state index is 12.1. The highest BCUT2D eigenvalue weighted by Crippen LogP contribution is 2.25. The molecule has 0 aliphatic heterocycles.